The summed E-state index contributed by atoms with van der Waals surface area (Å²) in [6.45, 7) is 0.0345. The van der Waals surface area contributed by atoms with Crippen molar-refractivity contribution in [3.05, 3.63) is 41.7 Å². The molecule has 0 radical (unpaired) electrons. The van der Waals surface area contributed by atoms with E-state index in [0.717, 1.165) is 0 Å². The zero-order valence-electron chi connectivity index (χ0n) is 10.9. The zero-order chi connectivity index (χ0) is 14.4. The summed E-state index contributed by atoms with van der Waals surface area (Å²) in [5.41, 5.74) is 0.928. The number of nitrogens with one attached hydrogen (secondary N) is 1. The Bertz CT molecular complexity index is 651. The van der Waals surface area contributed by atoms with Crippen LogP contribution in [-0.4, -0.2) is 37.4 Å². The molecule has 0 atom stereocenters. The predicted octanol–water partition coefficient (Wildman–Crippen LogP) is -0.516. The van der Waals surface area contributed by atoms with Gasteiger partial charge in [0.2, 0.25) is 0 Å². The van der Waals surface area contributed by atoms with Gasteiger partial charge in [-0.3, -0.25) is 9.48 Å². The van der Waals surface area contributed by atoms with E-state index in [0.29, 0.717) is 11.4 Å². The fraction of sp³-hybridized carbons (Fsp3) is 0.231. The normalized spacial score (nSPS) is 9.70. The SMILES string of the molecule is Cn1cnc(CNC(=O)c2ccc(C#CCO)cn2)n1. The van der Waals surface area contributed by atoms with Crippen LogP contribution in [0.3, 0.4) is 0 Å². The first-order valence-electron chi connectivity index (χ1n) is 5.87. The van der Waals surface area contributed by atoms with Gasteiger partial charge < -0.3 is 10.4 Å². The molecule has 0 spiro atoms. The minimum atomic E-state index is -0.306. The van der Waals surface area contributed by atoms with Crippen LogP contribution >= 0.6 is 0 Å². The predicted molar refractivity (Wildman–Crippen MR) is 70.4 cm³/mol. The van der Waals surface area contributed by atoms with Crippen LogP contribution in [0.2, 0.25) is 0 Å². The van der Waals surface area contributed by atoms with Gasteiger partial charge in [0.05, 0.1) is 6.54 Å². The van der Waals surface area contributed by atoms with E-state index in [1.165, 1.54) is 6.20 Å². The number of pyridine rings is 1. The van der Waals surface area contributed by atoms with E-state index in [1.807, 2.05) is 0 Å². The third kappa shape index (κ3) is 3.63. The molecular formula is C13H13N5O2. The molecule has 0 aliphatic carbocycles. The summed E-state index contributed by atoms with van der Waals surface area (Å²) >= 11 is 0. The Morgan fingerprint density at radius 2 is 2.30 bits per heavy atom. The molecule has 7 heteroatoms. The number of aliphatic hydroxyl groups is 1. The Hall–Kier alpha value is -2.72. The van der Waals surface area contributed by atoms with Crippen molar-refractivity contribution in [3.8, 4) is 11.8 Å². The van der Waals surface area contributed by atoms with Crippen molar-refractivity contribution < 1.29 is 9.90 Å². The third-order valence-electron chi connectivity index (χ3n) is 2.36. The molecule has 1 amide bonds. The van der Waals surface area contributed by atoms with Gasteiger partial charge in [0, 0.05) is 18.8 Å². The van der Waals surface area contributed by atoms with Gasteiger partial charge >= 0.3 is 0 Å². The van der Waals surface area contributed by atoms with Crippen LogP contribution in [0.15, 0.2) is 24.7 Å². The maximum atomic E-state index is 11.8. The molecular weight excluding hydrogens is 258 g/mol. The first-order valence-corrected chi connectivity index (χ1v) is 5.87. The Morgan fingerprint density at radius 1 is 1.45 bits per heavy atom. The van der Waals surface area contributed by atoms with Crippen LogP contribution < -0.4 is 5.32 Å². The van der Waals surface area contributed by atoms with Crippen LogP contribution in [0.1, 0.15) is 21.9 Å². The van der Waals surface area contributed by atoms with Crippen LogP contribution in [0.5, 0.6) is 0 Å². The molecule has 0 saturated carbocycles. The summed E-state index contributed by atoms with van der Waals surface area (Å²) in [5.74, 6) is 5.44. The van der Waals surface area contributed by atoms with Crippen molar-refractivity contribution in [2.75, 3.05) is 6.61 Å². The van der Waals surface area contributed by atoms with Crippen molar-refractivity contribution >= 4 is 5.91 Å². The van der Waals surface area contributed by atoms with Crippen molar-refractivity contribution in [3.63, 3.8) is 0 Å². The van der Waals surface area contributed by atoms with E-state index in [1.54, 1.807) is 30.2 Å². The van der Waals surface area contributed by atoms with E-state index < -0.39 is 0 Å². The average molecular weight is 271 g/mol. The number of hydrogen-bond donors (Lipinski definition) is 2. The van der Waals surface area contributed by atoms with E-state index >= 15 is 0 Å². The molecule has 2 aromatic rings. The Balaban J connectivity index is 1.95. The fourth-order valence-corrected chi connectivity index (χ4v) is 1.46. The van der Waals surface area contributed by atoms with E-state index in [9.17, 15) is 4.79 Å². The highest BCUT2D eigenvalue weighted by molar-refractivity contribution is 5.92. The van der Waals surface area contributed by atoms with Gasteiger partial charge in [0.25, 0.3) is 5.91 Å². The third-order valence-corrected chi connectivity index (χ3v) is 2.36. The highest BCUT2D eigenvalue weighted by Gasteiger charge is 2.07. The quantitative estimate of drug-likeness (QED) is 0.733. The molecule has 2 aromatic heterocycles. The number of hydrogen-bond acceptors (Lipinski definition) is 5. The number of carbonyl (C=O) groups is 1. The number of nitrogens with zero attached hydrogens (tertiary/aromatic N) is 4. The number of carbonyl (C=O) groups excluding carboxylic acids is 1. The summed E-state index contributed by atoms with van der Waals surface area (Å²) in [4.78, 5) is 19.8. The van der Waals surface area contributed by atoms with Crippen molar-refractivity contribution in [2.24, 2.45) is 7.05 Å². The fourth-order valence-electron chi connectivity index (χ4n) is 1.46. The second-order valence-corrected chi connectivity index (χ2v) is 3.91. The molecule has 7 nitrogen and oxygen atoms in total. The average Bonchev–Trinajstić information content (AvgIpc) is 2.89. The zero-order valence-corrected chi connectivity index (χ0v) is 10.9. The van der Waals surface area contributed by atoms with Gasteiger partial charge in [0.1, 0.15) is 18.6 Å². The molecule has 0 unspecified atom stereocenters. The first kappa shape index (κ1) is 13.7. The van der Waals surface area contributed by atoms with Gasteiger partial charge in [-0.15, -0.1) is 0 Å². The summed E-state index contributed by atoms with van der Waals surface area (Å²) in [7, 11) is 1.76. The number of rotatable bonds is 3. The van der Waals surface area contributed by atoms with Gasteiger partial charge in [-0.05, 0) is 12.1 Å². The lowest BCUT2D eigenvalue weighted by Gasteiger charge is -2.01. The maximum absolute atomic E-state index is 11.8. The number of amides is 1. The summed E-state index contributed by atoms with van der Waals surface area (Å²) in [5, 5.41) is 15.3. The molecule has 0 saturated heterocycles. The topological polar surface area (TPSA) is 92.9 Å². The van der Waals surface area contributed by atoms with E-state index in [4.69, 9.17) is 5.11 Å². The lowest BCUT2D eigenvalue weighted by atomic mass is 10.2. The lowest BCUT2D eigenvalue weighted by molar-refractivity contribution is 0.0945. The maximum Gasteiger partial charge on any atom is 0.270 e. The van der Waals surface area contributed by atoms with Gasteiger partial charge in [-0.1, -0.05) is 11.8 Å². The van der Waals surface area contributed by atoms with Crippen molar-refractivity contribution in [1.29, 1.82) is 0 Å². The summed E-state index contributed by atoms with van der Waals surface area (Å²) in [6, 6.07) is 3.24. The highest BCUT2D eigenvalue weighted by atomic mass is 16.2. The number of aliphatic hydroxyl groups excluding tert-OH is 1. The summed E-state index contributed by atoms with van der Waals surface area (Å²) in [6.07, 6.45) is 3.05. The number of aryl methyl sites for hydroxylation is 1. The van der Waals surface area contributed by atoms with Crippen LogP contribution in [0, 0.1) is 11.8 Å². The first-order chi connectivity index (χ1) is 9.69. The van der Waals surface area contributed by atoms with Crippen molar-refractivity contribution in [2.45, 2.75) is 6.54 Å². The molecule has 102 valence electrons. The molecule has 2 N–H and O–H groups in total. The highest BCUT2D eigenvalue weighted by Crippen LogP contribution is 1.99. The minimum absolute atomic E-state index is 0.209. The lowest BCUT2D eigenvalue weighted by Crippen LogP contribution is -2.24. The molecule has 0 aliphatic heterocycles. The van der Waals surface area contributed by atoms with Crippen LogP contribution in [0.4, 0.5) is 0 Å². The van der Waals surface area contributed by atoms with Gasteiger partial charge in [-0.2, -0.15) is 5.10 Å². The Morgan fingerprint density at radius 3 is 2.90 bits per heavy atom. The van der Waals surface area contributed by atoms with Crippen LogP contribution in [-0.2, 0) is 13.6 Å². The Kier molecular flexibility index (Phi) is 4.42. The second-order valence-electron chi connectivity index (χ2n) is 3.91. The largest absolute Gasteiger partial charge is 0.384 e. The molecule has 2 rings (SSSR count). The molecule has 0 aliphatic rings. The molecule has 0 aromatic carbocycles. The van der Waals surface area contributed by atoms with Crippen LogP contribution in [0.25, 0.3) is 0 Å². The minimum Gasteiger partial charge on any atom is -0.384 e. The van der Waals surface area contributed by atoms with Gasteiger partial charge in [-0.25, -0.2) is 9.97 Å². The Labute approximate surface area is 115 Å². The van der Waals surface area contributed by atoms with E-state index in [-0.39, 0.29) is 24.8 Å². The number of aromatic nitrogens is 4. The molecule has 2 heterocycles. The smallest absolute Gasteiger partial charge is 0.270 e. The van der Waals surface area contributed by atoms with E-state index in [2.05, 4.69) is 32.2 Å². The van der Waals surface area contributed by atoms with Crippen molar-refractivity contribution in [1.82, 2.24) is 25.1 Å². The summed E-state index contributed by atoms with van der Waals surface area (Å²) < 4.78 is 1.56. The molecule has 0 bridgehead atoms. The monoisotopic (exact) mass is 271 g/mol. The molecule has 0 fully saturated rings. The van der Waals surface area contributed by atoms with Gasteiger partial charge in [0.15, 0.2) is 5.82 Å². The standard InChI is InChI=1S/C13H13N5O2/c1-18-9-16-12(17-18)8-15-13(20)11-5-4-10(7-14-11)3-2-6-19/h4-5,7,9,19H,6,8H2,1H3,(H,15,20). The second kappa shape index (κ2) is 6.45. The molecule has 20 heavy (non-hydrogen) atoms.